The third-order valence-corrected chi connectivity index (χ3v) is 4.49. The highest BCUT2D eigenvalue weighted by Gasteiger charge is 2.22. The van der Waals surface area contributed by atoms with Crippen LogP contribution in [0.4, 0.5) is 5.69 Å². The highest BCUT2D eigenvalue weighted by Crippen LogP contribution is 2.29. The molecule has 112 valence electrons. The summed E-state index contributed by atoms with van der Waals surface area (Å²) in [5.74, 6) is -0.179. The summed E-state index contributed by atoms with van der Waals surface area (Å²) in [5, 5.41) is 19.2. The fraction of sp³-hybridized carbons (Fsp3) is 0.571. The molecule has 0 bridgehead atoms. The van der Waals surface area contributed by atoms with Crippen LogP contribution in [0.3, 0.4) is 0 Å². The summed E-state index contributed by atoms with van der Waals surface area (Å²) < 4.78 is 22.8. The van der Waals surface area contributed by atoms with E-state index in [4.69, 9.17) is 0 Å². The number of rotatable bonds is 4. The van der Waals surface area contributed by atoms with Gasteiger partial charge in [0.1, 0.15) is 5.75 Å². The van der Waals surface area contributed by atoms with Crippen LogP contribution in [0.5, 0.6) is 5.75 Å². The topological polar surface area (TPSA) is 77.8 Å². The lowest BCUT2D eigenvalue weighted by Gasteiger charge is -2.36. The van der Waals surface area contributed by atoms with E-state index >= 15 is 0 Å². The summed E-state index contributed by atoms with van der Waals surface area (Å²) in [4.78, 5) is 2.09. The van der Waals surface area contributed by atoms with Gasteiger partial charge in [-0.1, -0.05) is 0 Å². The molecule has 6 heteroatoms. The molecule has 1 unspecified atom stereocenters. The highest BCUT2D eigenvalue weighted by molar-refractivity contribution is 7.89. The van der Waals surface area contributed by atoms with Crippen LogP contribution in [0.1, 0.15) is 24.8 Å². The Morgan fingerprint density at radius 1 is 1.35 bits per heavy atom. The first-order valence-corrected chi connectivity index (χ1v) is 8.84. The van der Waals surface area contributed by atoms with Crippen molar-refractivity contribution in [2.24, 2.45) is 0 Å². The fourth-order valence-electron chi connectivity index (χ4n) is 2.68. The van der Waals surface area contributed by atoms with Gasteiger partial charge in [0.05, 0.1) is 18.4 Å². The van der Waals surface area contributed by atoms with Crippen molar-refractivity contribution >= 4 is 15.5 Å². The first-order valence-electron chi connectivity index (χ1n) is 6.78. The van der Waals surface area contributed by atoms with E-state index in [1.165, 1.54) is 6.07 Å². The summed E-state index contributed by atoms with van der Waals surface area (Å²) in [5.41, 5.74) is 1.27. The Kier molecular flexibility index (Phi) is 4.55. The van der Waals surface area contributed by atoms with E-state index in [-0.39, 0.29) is 24.2 Å². The summed E-state index contributed by atoms with van der Waals surface area (Å²) >= 11 is 0. The number of sulfone groups is 1. The van der Waals surface area contributed by atoms with E-state index < -0.39 is 9.84 Å². The average Bonchev–Trinajstić information content (AvgIpc) is 2.40. The quantitative estimate of drug-likeness (QED) is 0.876. The third-order valence-electron chi connectivity index (χ3n) is 3.65. The average molecular weight is 299 g/mol. The Morgan fingerprint density at radius 2 is 2.10 bits per heavy atom. The standard InChI is InChI=1S/C14H21NO4S/c1-20(18,19)10-11-8-12(5-6-14(11)17)15-7-3-2-4-13(15)9-16/h5-6,8,13,16-17H,2-4,7,9-10H2,1H3. The SMILES string of the molecule is CS(=O)(=O)Cc1cc(N2CCCCC2CO)ccc1O. The second kappa shape index (κ2) is 6.01. The van der Waals surface area contributed by atoms with Crippen molar-refractivity contribution < 1.29 is 18.6 Å². The second-order valence-electron chi connectivity index (χ2n) is 5.41. The van der Waals surface area contributed by atoms with Crippen molar-refractivity contribution in [1.82, 2.24) is 0 Å². The van der Waals surface area contributed by atoms with Crippen molar-refractivity contribution in [3.63, 3.8) is 0 Å². The van der Waals surface area contributed by atoms with Crippen LogP contribution in [-0.2, 0) is 15.6 Å². The lowest BCUT2D eigenvalue weighted by molar-refractivity contribution is 0.240. The predicted molar refractivity (Wildman–Crippen MR) is 78.7 cm³/mol. The fourth-order valence-corrected chi connectivity index (χ4v) is 3.48. The Morgan fingerprint density at radius 3 is 2.75 bits per heavy atom. The summed E-state index contributed by atoms with van der Waals surface area (Å²) in [7, 11) is -3.19. The van der Waals surface area contributed by atoms with Gasteiger partial charge in [0.2, 0.25) is 0 Å². The summed E-state index contributed by atoms with van der Waals surface area (Å²) in [6, 6.07) is 5.08. The molecule has 1 aromatic rings. The lowest BCUT2D eigenvalue weighted by atomic mass is 10.0. The van der Waals surface area contributed by atoms with Crippen LogP contribution in [0.15, 0.2) is 18.2 Å². The molecule has 1 atom stereocenters. The predicted octanol–water partition coefficient (Wildman–Crippen LogP) is 1.29. The van der Waals surface area contributed by atoms with Gasteiger partial charge in [-0.15, -0.1) is 0 Å². The molecule has 0 spiro atoms. The smallest absolute Gasteiger partial charge is 0.151 e. The summed E-state index contributed by atoms with van der Waals surface area (Å²) in [6.07, 6.45) is 4.23. The molecule has 1 aromatic carbocycles. The van der Waals surface area contributed by atoms with E-state index in [0.29, 0.717) is 5.56 Å². The molecule has 0 radical (unpaired) electrons. The Labute approximate surface area is 119 Å². The minimum Gasteiger partial charge on any atom is -0.508 e. The van der Waals surface area contributed by atoms with Gasteiger partial charge in [0.25, 0.3) is 0 Å². The molecule has 0 aliphatic carbocycles. The van der Waals surface area contributed by atoms with Crippen LogP contribution in [0.25, 0.3) is 0 Å². The van der Waals surface area contributed by atoms with E-state index in [1.54, 1.807) is 12.1 Å². The van der Waals surface area contributed by atoms with Crippen LogP contribution < -0.4 is 4.90 Å². The van der Waals surface area contributed by atoms with Crippen molar-refractivity contribution in [1.29, 1.82) is 0 Å². The van der Waals surface area contributed by atoms with Crippen molar-refractivity contribution in [3.8, 4) is 5.75 Å². The van der Waals surface area contributed by atoms with E-state index in [1.807, 2.05) is 0 Å². The van der Waals surface area contributed by atoms with Crippen molar-refractivity contribution in [3.05, 3.63) is 23.8 Å². The van der Waals surface area contributed by atoms with Gasteiger partial charge < -0.3 is 15.1 Å². The Balaban J connectivity index is 2.30. The zero-order chi connectivity index (χ0) is 14.8. The number of phenols is 1. The molecule has 0 aromatic heterocycles. The van der Waals surface area contributed by atoms with Crippen LogP contribution in [-0.4, -0.2) is 44.1 Å². The highest BCUT2D eigenvalue weighted by atomic mass is 32.2. The normalized spacial score (nSPS) is 20.1. The number of aliphatic hydroxyl groups excluding tert-OH is 1. The number of piperidine rings is 1. The molecule has 1 saturated heterocycles. The molecule has 2 N–H and O–H groups in total. The maximum absolute atomic E-state index is 11.4. The zero-order valence-electron chi connectivity index (χ0n) is 11.6. The van der Waals surface area contributed by atoms with E-state index in [0.717, 1.165) is 37.8 Å². The number of aromatic hydroxyl groups is 1. The van der Waals surface area contributed by atoms with Crippen molar-refractivity contribution in [2.45, 2.75) is 31.1 Å². The van der Waals surface area contributed by atoms with Crippen molar-refractivity contribution in [2.75, 3.05) is 24.3 Å². The minimum atomic E-state index is -3.19. The summed E-state index contributed by atoms with van der Waals surface area (Å²) in [6.45, 7) is 0.927. The van der Waals surface area contributed by atoms with Gasteiger partial charge in [0.15, 0.2) is 9.84 Å². The molecule has 0 amide bonds. The molecular formula is C14H21NO4S. The number of aliphatic hydroxyl groups is 1. The molecule has 1 aliphatic heterocycles. The Hall–Kier alpha value is -1.27. The maximum Gasteiger partial charge on any atom is 0.151 e. The third kappa shape index (κ3) is 3.64. The number of nitrogens with zero attached hydrogens (tertiary/aromatic N) is 1. The van der Waals surface area contributed by atoms with E-state index in [9.17, 15) is 18.6 Å². The number of hydrogen-bond acceptors (Lipinski definition) is 5. The van der Waals surface area contributed by atoms with Crippen LogP contribution in [0.2, 0.25) is 0 Å². The number of hydrogen-bond donors (Lipinski definition) is 2. The maximum atomic E-state index is 11.4. The molecule has 2 rings (SSSR count). The van der Waals surface area contributed by atoms with Gasteiger partial charge >= 0.3 is 0 Å². The lowest BCUT2D eigenvalue weighted by Crippen LogP contribution is -2.41. The van der Waals surface area contributed by atoms with Gasteiger partial charge in [-0.2, -0.15) is 0 Å². The van der Waals surface area contributed by atoms with Crippen LogP contribution >= 0.6 is 0 Å². The molecule has 0 saturated carbocycles. The first kappa shape index (κ1) is 15.1. The minimum absolute atomic E-state index is 0.00303. The zero-order valence-corrected chi connectivity index (χ0v) is 12.4. The molecule has 1 fully saturated rings. The van der Waals surface area contributed by atoms with Gasteiger partial charge in [-0.05, 0) is 37.5 Å². The first-order chi connectivity index (χ1) is 9.40. The van der Waals surface area contributed by atoms with Gasteiger partial charge in [0, 0.05) is 24.1 Å². The monoisotopic (exact) mass is 299 g/mol. The molecule has 20 heavy (non-hydrogen) atoms. The Bertz CT molecular complexity index is 571. The molecule has 1 aliphatic rings. The largest absolute Gasteiger partial charge is 0.508 e. The molecule has 1 heterocycles. The number of phenolic OH excluding ortho intramolecular Hbond substituents is 1. The van der Waals surface area contributed by atoms with Gasteiger partial charge in [-0.3, -0.25) is 0 Å². The van der Waals surface area contributed by atoms with Gasteiger partial charge in [-0.25, -0.2) is 8.42 Å². The molecule has 5 nitrogen and oxygen atoms in total. The number of anilines is 1. The van der Waals surface area contributed by atoms with Crippen LogP contribution in [0, 0.1) is 0 Å². The second-order valence-corrected chi connectivity index (χ2v) is 7.55. The molecular weight excluding hydrogens is 278 g/mol. The number of benzene rings is 1. The van der Waals surface area contributed by atoms with E-state index in [2.05, 4.69) is 4.90 Å².